The molecule has 0 fully saturated rings. The molecule has 0 saturated heterocycles. The minimum atomic E-state index is -0.0112. The number of nitrogens with two attached hydrogens (primary N) is 1. The van der Waals surface area contributed by atoms with Crippen LogP contribution in [-0.4, -0.2) is 22.3 Å². The fraction of sp³-hybridized carbons (Fsp3) is 0.286. The highest BCUT2D eigenvalue weighted by Gasteiger charge is 2.16. The number of hydrogen-bond acceptors (Lipinski definition) is 5. The van der Waals surface area contributed by atoms with E-state index in [4.69, 9.17) is 5.84 Å². The van der Waals surface area contributed by atoms with E-state index in [0.717, 1.165) is 5.69 Å². The van der Waals surface area contributed by atoms with Crippen molar-refractivity contribution in [2.45, 2.75) is 20.4 Å². The van der Waals surface area contributed by atoms with Gasteiger partial charge in [0.05, 0.1) is 6.54 Å². The van der Waals surface area contributed by atoms with Crippen molar-refractivity contribution in [3.8, 4) is 0 Å². The molecule has 0 aliphatic heterocycles. The van der Waals surface area contributed by atoms with Crippen molar-refractivity contribution in [2.24, 2.45) is 5.84 Å². The van der Waals surface area contributed by atoms with Crippen LogP contribution in [-0.2, 0) is 6.54 Å². The molecule has 0 aliphatic carbocycles. The van der Waals surface area contributed by atoms with Crippen molar-refractivity contribution in [3.63, 3.8) is 0 Å². The van der Waals surface area contributed by atoms with Crippen LogP contribution in [0.2, 0.25) is 0 Å². The summed E-state index contributed by atoms with van der Waals surface area (Å²) in [5.74, 6) is 5.86. The second kappa shape index (κ2) is 6.49. The van der Waals surface area contributed by atoms with E-state index in [1.165, 1.54) is 4.88 Å². The van der Waals surface area contributed by atoms with Gasteiger partial charge in [0, 0.05) is 22.7 Å². The molecule has 0 unspecified atom stereocenters. The third-order valence-corrected chi connectivity index (χ3v) is 3.81. The van der Waals surface area contributed by atoms with Crippen LogP contribution >= 0.6 is 11.3 Å². The molecule has 106 valence electrons. The zero-order chi connectivity index (χ0) is 14.5. The molecule has 0 spiro atoms. The average molecular weight is 290 g/mol. The summed E-state index contributed by atoms with van der Waals surface area (Å²) in [5.41, 5.74) is 3.85. The van der Waals surface area contributed by atoms with Gasteiger partial charge >= 0.3 is 0 Å². The second-order valence-electron chi connectivity index (χ2n) is 4.43. The van der Waals surface area contributed by atoms with Crippen LogP contribution in [0.5, 0.6) is 0 Å². The number of hydrogen-bond donors (Lipinski definition) is 2. The number of carbonyl (C=O) groups excluding carboxylic acids is 1. The van der Waals surface area contributed by atoms with E-state index in [0.29, 0.717) is 24.5 Å². The summed E-state index contributed by atoms with van der Waals surface area (Å²) in [5, 5.41) is 2.01. The van der Waals surface area contributed by atoms with Gasteiger partial charge in [-0.2, -0.15) is 0 Å². The number of pyridine rings is 1. The number of nitrogens with zero attached hydrogens (tertiary/aromatic N) is 2. The van der Waals surface area contributed by atoms with Gasteiger partial charge in [0.2, 0.25) is 0 Å². The van der Waals surface area contributed by atoms with Crippen molar-refractivity contribution in [2.75, 3.05) is 12.0 Å². The normalized spacial score (nSPS) is 10.3. The molecule has 20 heavy (non-hydrogen) atoms. The fourth-order valence-corrected chi connectivity index (χ4v) is 2.69. The predicted molar refractivity (Wildman–Crippen MR) is 81.5 cm³/mol. The number of amides is 1. The molecule has 0 aliphatic rings. The number of rotatable bonds is 5. The first-order valence-electron chi connectivity index (χ1n) is 6.41. The number of hydrazine groups is 1. The summed E-state index contributed by atoms with van der Waals surface area (Å²) in [6, 6.07) is 7.48. The van der Waals surface area contributed by atoms with Crippen molar-refractivity contribution in [3.05, 3.63) is 45.8 Å². The highest BCUT2D eigenvalue weighted by atomic mass is 32.1. The number of thiophene rings is 1. The maximum atomic E-state index is 12.6. The van der Waals surface area contributed by atoms with Crippen molar-refractivity contribution < 1.29 is 4.79 Å². The quantitative estimate of drug-likeness (QED) is 0.655. The third-order valence-electron chi connectivity index (χ3n) is 2.94. The van der Waals surface area contributed by atoms with Crippen LogP contribution in [0.25, 0.3) is 0 Å². The monoisotopic (exact) mass is 290 g/mol. The summed E-state index contributed by atoms with van der Waals surface area (Å²) in [6.45, 7) is 5.10. The molecule has 2 heterocycles. The minimum absolute atomic E-state index is 0.0112. The lowest BCUT2D eigenvalue weighted by Crippen LogP contribution is -2.30. The van der Waals surface area contributed by atoms with Gasteiger partial charge in [-0.3, -0.25) is 4.79 Å². The first-order chi connectivity index (χ1) is 9.63. The topological polar surface area (TPSA) is 71.2 Å². The molecule has 5 nitrogen and oxygen atoms in total. The van der Waals surface area contributed by atoms with E-state index in [1.807, 2.05) is 31.4 Å². The van der Waals surface area contributed by atoms with E-state index < -0.39 is 0 Å². The summed E-state index contributed by atoms with van der Waals surface area (Å²) < 4.78 is 0. The predicted octanol–water partition coefficient (Wildman–Crippen LogP) is 2.40. The van der Waals surface area contributed by atoms with Crippen LogP contribution < -0.4 is 11.3 Å². The number of carbonyl (C=O) groups is 1. The Kier molecular flexibility index (Phi) is 4.70. The van der Waals surface area contributed by atoms with E-state index >= 15 is 0 Å². The molecule has 0 saturated carbocycles. The Labute approximate surface area is 122 Å². The van der Waals surface area contributed by atoms with Crippen LogP contribution in [0.3, 0.4) is 0 Å². The lowest BCUT2D eigenvalue weighted by molar-refractivity contribution is 0.0754. The summed E-state index contributed by atoms with van der Waals surface area (Å²) in [6.07, 6.45) is 0. The van der Waals surface area contributed by atoms with E-state index in [1.54, 1.807) is 28.4 Å². The van der Waals surface area contributed by atoms with Gasteiger partial charge in [0.1, 0.15) is 5.82 Å². The lowest BCUT2D eigenvalue weighted by Gasteiger charge is -2.20. The van der Waals surface area contributed by atoms with Gasteiger partial charge in [0.15, 0.2) is 0 Å². The van der Waals surface area contributed by atoms with Crippen LogP contribution in [0.4, 0.5) is 5.82 Å². The number of aryl methyl sites for hydroxylation is 1. The van der Waals surface area contributed by atoms with Gasteiger partial charge < -0.3 is 10.3 Å². The van der Waals surface area contributed by atoms with Gasteiger partial charge in [-0.25, -0.2) is 10.8 Å². The number of aromatic nitrogens is 1. The Hall–Kier alpha value is -1.92. The van der Waals surface area contributed by atoms with Crippen LogP contribution in [0.15, 0.2) is 29.6 Å². The SMILES string of the molecule is CCN(Cc1cccs1)C(=O)c1cc(C)nc(NN)c1. The Morgan fingerprint density at radius 3 is 2.90 bits per heavy atom. The fourth-order valence-electron chi connectivity index (χ4n) is 1.97. The van der Waals surface area contributed by atoms with Crippen molar-refractivity contribution in [1.82, 2.24) is 9.88 Å². The Morgan fingerprint density at radius 1 is 1.50 bits per heavy atom. The van der Waals surface area contributed by atoms with Crippen molar-refractivity contribution >= 4 is 23.1 Å². The maximum absolute atomic E-state index is 12.6. The highest BCUT2D eigenvalue weighted by Crippen LogP contribution is 2.16. The minimum Gasteiger partial charge on any atom is -0.334 e. The lowest BCUT2D eigenvalue weighted by atomic mass is 10.2. The van der Waals surface area contributed by atoms with Gasteiger partial charge in [-0.1, -0.05) is 6.07 Å². The van der Waals surface area contributed by atoms with E-state index in [2.05, 4.69) is 10.4 Å². The number of nitrogen functional groups attached to an aromatic ring is 1. The summed E-state index contributed by atoms with van der Waals surface area (Å²) in [7, 11) is 0. The second-order valence-corrected chi connectivity index (χ2v) is 5.46. The van der Waals surface area contributed by atoms with Gasteiger partial charge in [-0.15, -0.1) is 11.3 Å². The van der Waals surface area contributed by atoms with Crippen LogP contribution in [0.1, 0.15) is 27.9 Å². The first kappa shape index (κ1) is 14.5. The molecule has 0 bridgehead atoms. The van der Waals surface area contributed by atoms with Crippen molar-refractivity contribution in [1.29, 1.82) is 0 Å². The van der Waals surface area contributed by atoms with E-state index in [9.17, 15) is 4.79 Å². The smallest absolute Gasteiger partial charge is 0.254 e. The molecule has 0 radical (unpaired) electrons. The Balaban J connectivity index is 2.21. The first-order valence-corrected chi connectivity index (χ1v) is 7.29. The molecule has 6 heteroatoms. The van der Waals surface area contributed by atoms with E-state index in [-0.39, 0.29) is 5.91 Å². The standard InChI is InChI=1S/C14H18N4OS/c1-3-18(9-12-5-4-6-20-12)14(19)11-7-10(2)16-13(8-11)17-15/h4-8H,3,9,15H2,1-2H3,(H,16,17). The number of anilines is 1. The molecular weight excluding hydrogens is 272 g/mol. The highest BCUT2D eigenvalue weighted by molar-refractivity contribution is 7.09. The molecule has 3 N–H and O–H groups in total. The average Bonchev–Trinajstić information content (AvgIpc) is 2.96. The molecular formula is C14H18N4OS. The maximum Gasteiger partial charge on any atom is 0.254 e. The molecule has 1 amide bonds. The summed E-state index contributed by atoms with van der Waals surface area (Å²) >= 11 is 1.65. The number of nitrogens with one attached hydrogen (secondary N) is 1. The Bertz CT molecular complexity index is 583. The zero-order valence-corrected chi connectivity index (χ0v) is 12.4. The molecule has 2 aromatic heterocycles. The zero-order valence-electron chi connectivity index (χ0n) is 11.6. The molecule has 2 aromatic rings. The Morgan fingerprint density at radius 2 is 2.30 bits per heavy atom. The molecule has 0 aromatic carbocycles. The largest absolute Gasteiger partial charge is 0.334 e. The molecule has 2 rings (SSSR count). The van der Waals surface area contributed by atoms with Gasteiger partial charge in [0.25, 0.3) is 5.91 Å². The van der Waals surface area contributed by atoms with Gasteiger partial charge in [-0.05, 0) is 37.4 Å². The third kappa shape index (κ3) is 3.34. The molecule has 0 atom stereocenters. The summed E-state index contributed by atoms with van der Waals surface area (Å²) in [4.78, 5) is 19.7. The van der Waals surface area contributed by atoms with Crippen LogP contribution in [0, 0.1) is 6.92 Å².